The Labute approximate surface area is 161 Å². The molecule has 2 N–H and O–H groups in total. The third-order valence-electron chi connectivity index (χ3n) is 3.63. The standard InChI is InChI=1S/C16H21Cl2N5OS/c1-4-11(7-6-10-8-12(17)25-14(10)18)21-15-19-9(3)20-16(23-15)22-13(24)5-2/h8,11H,4-7H2,1-3H3,(H2,19,20,21,22,23,24). The third kappa shape index (κ3) is 6.09. The number of nitrogens with one attached hydrogen (secondary N) is 2. The quantitative estimate of drug-likeness (QED) is 0.668. The SMILES string of the molecule is CCC(=O)Nc1nc(C)nc(NC(CC)CCc2cc(Cl)sc2Cl)n1. The van der Waals surface area contributed by atoms with Gasteiger partial charge in [-0.1, -0.05) is 37.0 Å². The van der Waals surface area contributed by atoms with E-state index in [1.165, 1.54) is 11.3 Å². The lowest BCUT2D eigenvalue weighted by Crippen LogP contribution is -2.22. The van der Waals surface area contributed by atoms with E-state index >= 15 is 0 Å². The average molecular weight is 402 g/mol. The number of anilines is 2. The number of hydrogen-bond donors (Lipinski definition) is 2. The lowest BCUT2D eigenvalue weighted by molar-refractivity contribution is -0.115. The van der Waals surface area contributed by atoms with Crippen LogP contribution in [-0.4, -0.2) is 26.9 Å². The summed E-state index contributed by atoms with van der Waals surface area (Å²) in [5.74, 6) is 1.14. The van der Waals surface area contributed by atoms with E-state index in [1.807, 2.05) is 6.07 Å². The molecular formula is C16H21Cl2N5OS. The second-order valence-electron chi connectivity index (χ2n) is 5.57. The third-order valence-corrected chi connectivity index (χ3v) is 5.20. The van der Waals surface area contributed by atoms with Gasteiger partial charge in [-0.2, -0.15) is 15.0 Å². The van der Waals surface area contributed by atoms with Crippen LogP contribution in [0.25, 0.3) is 0 Å². The minimum absolute atomic E-state index is 0.132. The summed E-state index contributed by atoms with van der Waals surface area (Å²) in [4.78, 5) is 24.2. The first kappa shape index (κ1) is 19.9. The van der Waals surface area contributed by atoms with Gasteiger partial charge in [-0.25, -0.2) is 0 Å². The van der Waals surface area contributed by atoms with Gasteiger partial charge in [-0.15, -0.1) is 11.3 Å². The fourth-order valence-electron chi connectivity index (χ4n) is 2.25. The predicted octanol–water partition coefficient (Wildman–Crippen LogP) is 4.72. The van der Waals surface area contributed by atoms with E-state index in [0.29, 0.717) is 22.5 Å². The second-order valence-corrected chi connectivity index (χ2v) is 7.85. The van der Waals surface area contributed by atoms with Crippen molar-refractivity contribution in [2.45, 2.75) is 52.5 Å². The highest BCUT2D eigenvalue weighted by atomic mass is 35.5. The molecule has 0 spiro atoms. The number of rotatable bonds is 8. The zero-order valence-electron chi connectivity index (χ0n) is 14.4. The van der Waals surface area contributed by atoms with Crippen LogP contribution in [0, 0.1) is 6.92 Å². The largest absolute Gasteiger partial charge is 0.351 e. The Hall–Kier alpha value is -1.44. The van der Waals surface area contributed by atoms with E-state index in [2.05, 4.69) is 32.5 Å². The van der Waals surface area contributed by atoms with Gasteiger partial charge < -0.3 is 5.32 Å². The highest BCUT2D eigenvalue weighted by Crippen LogP contribution is 2.32. The summed E-state index contributed by atoms with van der Waals surface area (Å²) in [5.41, 5.74) is 1.06. The molecule has 2 heterocycles. The normalized spacial score (nSPS) is 12.0. The van der Waals surface area contributed by atoms with Gasteiger partial charge in [-0.05, 0) is 37.8 Å². The van der Waals surface area contributed by atoms with Crippen LogP contribution < -0.4 is 10.6 Å². The van der Waals surface area contributed by atoms with Crippen molar-refractivity contribution >= 4 is 52.3 Å². The molecule has 1 atom stereocenters. The number of aryl methyl sites for hydroxylation is 2. The van der Waals surface area contributed by atoms with Crippen molar-refractivity contribution in [2.75, 3.05) is 10.6 Å². The van der Waals surface area contributed by atoms with Crippen molar-refractivity contribution in [3.05, 3.63) is 26.1 Å². The maximum absolute atomic E-state index is 11.5. The first-order valence-corrected chi connectivity index (χ1v) is 9.71. The molecule has 2 aromatic rings. The van der Waals surface area contributed by atoms with Crippen molar-refractivity contribution in [2.24, 2.45) is 0 Å². The molecule has 2 aromatic heterocycles. The van der Waals surface area contributed by atoms with Crippen molar-refractivity contribution in [1.82, 2.24) is 15.0 Å². The van der Waals surface area contributed by atoms with Crippen molar-refractivity contribution in [3.63, 3.8) is 0 Å². The number of nitrogens with zero attached hydrogens (tertiary/aromatic N) is 3. The zero-order valence-corrected chi connectivity index (χ0v) is 16.7. The van der Waals surface area contributed by atoms with Crippen LogP contribution in [0.1, 0.15) is 44.5 Å². The summed E-state index contributed by atoms with van der Waals surface area (Å²) < 4.78 is 1.44. The van der Waals surface area contributed by atoms with Crippen molar-refractivity contribution < 1.29 is 4.79 Å². The van der Waals surface area contributed by atoms with Gasteiger partial charge in [0.2, 0.25) is 17.8 Å². The molecule has 2 rings (SSSR count). The van der Waals surface area contributed by atoms with Gasteiger partial charge in [0.1, 0.15) is 5.82 Å². The Morgan fingerprint density at radius 2 is 1.96 bits per heavy atom. The molecule has 1 unspecified atom stereocenters. The maximum atomic E-state index is 11.5. The fraction of sp³-hybridized carbons (Fsp3) is 0.500. The monoisotopic (exact) mass is 401 g/mol. The molecule has 0 saturated carbocycles. The van der Waals surface area contributed by atoms with Crippen molar-refractivity contribution in [1.29, 1.82) is 0 Å². The Morgan fingerprint density at radius 3 is 2.56 bits per heavy atom. The summed E-state index contributed by atoms with van der Waals surface area (Å²) in [6, 6.07) is 2.08. The smallest absolute Gasteiger partial charge is 0.234 e. The number of hydrogen-bond acceptors (Lipinski definition) is 6. The summed E-state index contributed by atoms with van der Waals surface area (Å²) in [6.07, 6.45) is 2.95. The highest BCUT2D eigenvalue weighted by Gasteiger charge is 2.13. The molecular weight excluding hydrogens is 381 g/mol. The van der Waals surface area contributed by atoms with Crippen LogP contribution in [-0.2, 0) is 11.2 Å². The van der Waals surface area contributed by atoms with Crippen LogP contribution in [0.15, 0.2) is 6.07 Å². The van der Waals surface area contributed by atoms with Gasteiger partial charge in [0, 0.05) is 12.5 Å². The number of carbonyl (C=O) groups excluding carboxylic acids is 1. The van der Waals surface area contributed by atoms with E-state index in [0.717, 1.165) is 29.2 Å². The molecule has 136 valence electrons. The number of amides is 1. The van der Waals surface area contributed by atoms with Gasteiger partial charge >= 0.3 is 0 Å². The van der Waals surface area contributed by atoms with E-state index in [9.17, 15) is 4.79 Å². The number of halogens is 2. The minimum Gasteiger partial charge on any atom is -0.351 e. The minimum atomic E-state index is -0.132. The van der Waals surface area contributed by atoms with Gasteiger partial charge in [0.15, 0.2) is 0 Å². The molecule has 6 nitrogen and oxygen atoms in total. The molecule has 9 heteroatoms. The molecule has 0 aromatic carbocycles. The number of carbonyl (C=O) groups is 1. The van der Waals surface area contributed by atoms with E-state index < -0.39 is 0 Å². The predicted molar refractivity (Wildman–Crippen MR) is 104 cm³/mol. The lowest BCUT2D eigenvalue weighted by Gasteiger charge is -2.17. The zero-order chi connectivity index (χ0) is 18.4. The van der Waals surface area contributed by atoms with Gasteiger partial charge in [0.25, 0.3) is 0 Å². The first-order valence-electron chi connectivity index (χ1n) is 8.14. The Kier molecular flexibility index (Phi) is 7.40. The van der Waals surface area contributed by atoms with Gasteiger partial charge in [-0.3, -0.25) is 10.1 Å². The summed E-state index contributed by atoms with van der Waals surface area (Å²) in [5, 5.41) is 5.97. The first-order chi connectivity index (χ1) is 11.9. The van der Waals surface area contributed by atoms with Crippen molar-refractivity contribution in [3.8, 4) is 0 Å². The number of thiophene rings is 1. The Bertz CT molecular complexity index is 737. The molecule has 1 amide bonds. The maximum Gasteiger partial charge on any atom is 0.234 e. The summed E-state index contributed by atoms with van der Waals surface area (Å²) >= 11 is 13.5. The molecule has 0 bridgehead atoms. The lowest BCUT2D eigenvalue weighted by atomic mass is 10.1. The molecule has 25 heavy (non-hydrogen) atoms. The van der Waals surface area contributed by atoms with Crippen LogP contribution in [0.4, 0.5) is 11.9 Å². The molecule has 0 aliphatic heterocycles. The molecule has 0 aliphatic carbocycles. The average Bonchev–Trinajstić information content (AvgIpc) is 2.88. The van der Waals surface area contributed by atoms with Gasteiger partial charge in [0.05, 0.1) is 8.67 Å². The summed E-state index contributed by atoms with van der Waals surface area (Å²) in [6.45, 7) is 5.63. The van der Waals surface area contributed by atoms with E-state index in [1.54, 1.807) is 13.8 Å². The van der Waals surface area contributed by atoms with Crippen LogP contribution >= 0.6 is 34.5 Å². The molecule has 0 aliphatic rings. The van der Waals surface area contributed by atoms with E-state index in [-0.39, 0.29) is 17.9 Å². The number of aromatic nitrogens is 3. The summed E-state index contributed by atoms with van der Waals surface area (Å²) in [7, 11) is 0. The Morgan fingerprint density at radius 1 is 1.24 bits per heavy atom. The highest BCUT2D eigenvalue weighted by molar-refractivity contribution is 7.20. The van der Waals surface area contributed by atoms with Crippen LogP contribution in [0.2, 0.25) is 8.67 Å². The topological polar surface area (TPSA) is 79.8 Å². The fourth-order valence-corrected chi connectivity index (χ4v) is 3.80. The molecule has 0 saturated heterocycles. The molecule has 0 radical (unpaired) electrons. The van der Waals surface area contributed by atoms with Crippen LogP contribution in [0.5, 0.6) is 0 Å². The molecule has 0 fully saturated rings. The van der Waals surface area contributed by atoms with Crippen LogP contribution in [0.3, 0.4) is 0 Å². The van der Waals surface area contributed by atoms with E-state index in [4.69, 9.17) is 23.2 Å². The Balaban J connectivity index is 2.02. The second kappa shape index (κ2) is 9.31.